The summed E-state index contributed by atoms with van der Waals surface area (Å²) in [6.07, 6.45) is 9.11. The van der Waals surface area contributed by atoms with Crippen molar-refractivity contribution >= 4 is 5.91 Å². The number of hydrogen-bond donors (Lipinski definition) is 2. The highest BCUT2D eigenvalue weighted by Gasteiger charge is 2.42. The Hall–Kier alpha value is -2.99. The minimum atomic E-state index is -0.826. The molecule has 3 heterocycles. The van der Waals surface area contributed by atoms with E-state index < -0.39 is 11.6 Å². The van der Waals surface area contributed by atoms with Gasteiger partial charge in [-0.2, -0.15) is 10.4 Å². The first-order valence-electron chi connectivity index (χ1n) is 11.6. The van der Waals surface area contributed by atoms with E-state index in [0.29, 0.717) is 30.6 Å². The number of carbonyl (C=O) groups excluding carboxylic acids is 1. The zero-order valence-electron chi connectivity index (χ0n) is 18.6. The number of aromatic nitrogens is 2. The van der Waals surface area contributed by atoms with Crippen LogP contribution in [0.25, 0.3) is 11.1 Å². The van der Waals surface area contributed by atoms with Gasteiger partial charge in [-0.3, -0.25) is 9.48 Å². The summed E-state index contributed by atoms with van der Waals surface area (Å²) < 4.78 is 31.5. The lowest BCUT2D eigenvalue weighted by atomic mass is 9.75. The Morgan fingerprint density at radius 2 is 2.09 bits per heavy atom. The van der Waals surface area contributed by atoms with E-state index in [4.69, 9.17) is 5.26 Å². The summed E-state index contributed by atoms with van der Waals surface area (Å²) in [7, 11) is 1.74. The van der Waals surface area contributed by atoms with Gasteiger partial charge in [0.05, 0.1) is 12.2 Å². The van der Waals surface area contributed by atoms with Crippen LogP contribution in [0.3, 0.4) is 0 Å². The van der Waals surface area contributed by atoms with Gasteiger partial charge in [0.25, 0.3) is 0 Å². The average Bonchev–Trinajstić information content (AvgIpc) is 3.54. The molecule has 1 aromatic heterocycles. The van der Waals surface area contributed by atoms with Gasteiger partial charge in [-0.1, -0.05) is 12.1 Å². The van der Waals surface area contributed by atoms with E-state index in [1.165, 1.54) is 6.20 Å². The molecule has 9 heteroatoms. The first-order valence-corrected chi connectivity index (χ1v) is 11.6. The third kappa shape index (κ3) is 4.20. The molecule has 0 radical (unpaired) electrons. The maximum absolute atomic E-state index is 15.1. The van der Waals surface area contributed by atoms with E-state index in [9.17, 15) is 9.18 Å². The summed E-state index contributed by atoms with van der Waals surface area (Å²) in [6.45, 7) is 1.23. The molecular formula is C24H28F2N6O. The van der Waals surface area contributed by atoms with E-state index in [-0.39, 0.29) is 41.4 Å². The molecule has 3 fully saturated rings. The van der Waals surface area contributed by atoms with Gasteiger partial charge in [-0.15, -0.1) is 0 Å². The van der Waals surface area contributed by atoms with Crippen LogP contribution in [0.2, 0.25) is 0 Å². The Kier molecular flexibility index (Phi) is 5.79. The molecule has 2 N–H and O–H groups in total. The third-order valence-corrected chi connectivity index (χ3v) is 7.50. The van der Waals surface area contributed by atoms with Crippen LogP contribution in [0.1, 0.15) is 43.6 Å². The smallest absolute Gasteiger partial charge is 0.237 e. The lowest BCUT2D eigenvalue weighted by Gasteiger charge is -2.32. The van der Waals surface area contributed by atoms with Crippen molar-refractivity contribution in [2.24, 2.45) is 13.0 Å². The number of amides is 1. The van der Waals surface area contributed by atoms with Crippen molar-refractivity contribution in [2.45, 2.75) is 56.1 Å². The molecule has 3 aliphatic rings. The molecule has 1 saturated carbocycles. The second-order valence-corrected chi connectivity index (χ2v) is 9.60. The minimum Gasteiger partial charge on any atom is -0.350 e. The number of nitrogens with zero attached hydrogens (tertiary/aromatic N) is 4. The maximum Gasteiger partial charge on any atom is 0.237 e. The molecule has 0 spiro atoms. The molecule has 5 rings (SSSR count). The molecule has 2 saturated heterocycles. The van der Waals surface area contributed by atoms with Crippen LogP contribution in [0.5, 0.6) is 0 Å². The molecule has 5 atom stereocenters. The first kappa shape index (κ1) is 21.8. The number of fused-ring (bicyclic) bond motifs is 1. The molecule has 4 unspecified atom stereocenters. The summed E-state index contributed by atoms with van der Waals surface area (Å²) in [5.74, 6) is -1.44. The molecule has 2 aliphatic heterocycles. The number of rotatable bonds is 4. The van der Waals surface area contributed by atoms with Gasteiger partial charge in [0.2, 0.25) is 5.91 Å². The van der Waals surface area contributed by atoms with E-state index in [2.05, 4.69) is 21.9 Å². The Bertz CT molecular complexity index is 1100. The fourth-order valence-corrected chi connectivity index (χ4v) is 5.77. The first-order chi connectivity index (χ1) is 15.9. The normalized spacial score (nSPS) is 29.0. The van der Waals surface area contributed by atoms with Crippen molar-refractivity contribution in [1.29, 1.82) is 5.26 Å². The van der Waals surface area contributed by atoms with Crippen LogP contribution < -0.4 is 10.6 Å². The molecule has 1 amide bonds. The van der Waals surface area contributed by atoms with Gasteiger partial charge in [0.15, 0.2) is 17.8 Å². The minimum absolute atomic E-state index is 0.00438. The number of likely N-dealkylation sites (tertiary alicyclic amines) is 1. The topological polar surface area (TPSA) is 86.0 Å². The number of carbonyl (C=O) groups is 1. The van der Waals surface area contributed by atoms with Crippen LogP contribution in [0.4, 0.5) is 8.78 Å². The number of nitrogens with one attached hydrogen (secondary N) is 2. The number of aryl methyl sites for hydroxylation is 1. The highest BCUT2D eigenvalue weighted by molar-refractivity contribution is 5.82. The van der Waals surface area contributed by atoms with Crippen molar-refractivity contribution in [3.63, 3.8) is 0 Å². The van der Waals surface area contributed by atoms with Crippen LogP contribution >= 0.6 is 0 Å². The summed E-state index contributed by atoms with van der Waals surface area (Å²) in [5.41, 5.74) is 1.20. The number of hydrogen-bond acceptors (Lipinski definition) is 5. The number of nitriles is 1. The van der Waals surface area contributed by atoms with Gasteiger partial charge < -0.3 is 15.5 Å². The predicted octanol–water partition coefficient (Wildman–Crippen LogP) is 2.65. The van der Waals surface area contributed by atoms with E-state index in [1.54, 1.807) is 35.0 Å². The zero-order valence-corrected chi connectivity index (χ0v) is 18.6. The molecule has 1 aromatic carbocycles. The predicted molar refractivity (Wildman–Crippen MR) is 118 cm³/mol. The van der Waals surface area contributed by atoms with Gasteiger partial charge in [0.1, 0.15) is 0 Å². The highest BCUT2D eigenvalue weighted by atomic mass is 19.2. The van der Waals surface area contributed by atoms with Crippen molar-refractivity contribution in [2.75, 3.05) is 13.1 Å². The van der Waals surface area contributed by atoms with E-state index in [1.807, 2.05) is 0 Å². The molecule has 174 valence electrons. The van der Waals surface area contributed by atoms with Crippen LogP contribution in [-0.2, 0) is 11.8 Å². The number of halogens is 2. The fourth-order valence-electron chi connectivity index (χ4n) is 5.77. The second kappa shape index (κ2) is 8.75. The fraction of sp³-hybridized carbons (Fsp3) is 0.542. The quantitative estimate of drug-likeness (QED) is 0.694. The van der Waals surface area contributed by atoms with Crippen molar-refractivity contribution < 1.29 is 13.6 Å². The molecule has 1 aliphatic carbocycles. The summed E-state index contributed by atoms with van der Waals surface area (Å²) in [5, 5.41) is 19.6. The lowest BCUT2D eigenvalue weighted by Crippen LogP contribution is -2.47. The van der Waals surface area contributed by atoms with Gasteiger partial charge in [-0.25, -0.2) is 8.78 Å². The van der Waals surface area contributed by atoms with Crippen molar-refractivity contribution in [1.82, 2.24) is 25.3 Å². The van der Waals surface area contributed by atoms with Crippen LogP contribution in [-0.4, -0.2) is 51.8 Å². The molecule has 7 nitrogen and oxygen atoms in total. The van der Waals surface area contributed by atoms with Crippen molar-refractivity contribution in [3.05, 3.63) is 41.7 Å². The van der Waals surface area contributed by atoms with E-state index in [0.717, 1.165) is 25.7 Å². The second-order valence-electron chi connectivity index (χ2n) is 9.60. The Balaban J connectivity index is 1.24. The Labute approximate surface area is 191 Å². The molecule has 2 aromatic rings. The standard InChI is InChI=1S/C24H28F2N6O/c1-31-11-16(10-28-31)19-4-3-18(22(25)23(19)26)14-2-5-20-15(8-14)9-21(30-20)24(33)29-17-6-7-32(12-17)13-27/h3-4,10-11,14-15,17,20-21,30H,2,5-9,12H2,1H3,(H,29,33)/t14?,15?,17-,20?,21?/m1/s1. The Morgan fingerprint density at radius 3 is 2.82 bits per heavy atom. The summed E-state index contributed by atoms with van der Waals surface area (Å²) in [4.78, 5) is 14.4. The monoisotopic (exact) mass is 454 g/mol. The molecule has 33 heavy (non-hydrogen) atoms. The maximum atomic E-state index is 15.1. The Morgan fingerprint density at radius 1 is 1.24 bits per heavy atom. The van der Waals surface area contributed by atoms with Crippen LogP contribution in [0, 0.1) is 29.0 Å². The lowest BCUT2D eigenvalue weighted by molar-refractivity contribution is -0.123. The zero-order chi connectivity index (χ0) is 23.1. The van der Waals surface area contributed by atoms with E-state index >= 15 is 4.39 Å². The van der Waals surface area contributed by atoms with Gasteiger partial charge in [-0.05, 0) is 49.5 Å². The summed E-state index contributed by atoms with van der Waals surface area (Å²) >= 11 is 0. The van der Waals surface area contributed by atoms with Gasteiger partial charge in [0, 0.05) is 49.5 Å². The third-order valence-electron chi connectivity index (χ3n) is 7.50. The summed E-state index contributed by atoms with van der Waals surface area (Å²) in [6, 6.07) is 3.30. The highest BCUT2D eigenvalue weighted by Crippen LogP contribution is 2.43. The van der Waals surface area contributed by atoms with Crippen LogP contribution in [0.15, 0.2) is 24.5 Å². The van der Waals surface area contributed by atoms with Crippen molar-refractivity contribution in [3.8, 4) is 17.3 Å². The van der Waals surface area contributed by atoms with Gasteiger partial charge >= 0.3 is 0 Å². The largest absolute Gasteiger partial charge is 0.350 e. The average molecular weight is 455 g/mol. The number of benzene rings is 1. The molecule has 0 bridgehead atoms. The SMILES string of the molecule is Cn1cc(-c2ccc(C3CCC4NC(C(=O)N[C@@H]5CCN(C#N)C5)CC4C3)c(F)c2F)cn1. The molecular weight excluding hydrogens is 426 g/mol.